The van der Waals surface area contributed by atoms with Crippen LogP contribution >= 0.6 is 0 Å². The number of nitrogens with one attached hydrogen (secondary N) is 1. The third-order valence-corrected chi connectivity index (χ3v) is 3.46. The molecular weight excluding hydrogens is 246 g/mol. The Morgan fingerprint density at radius 2 is 1.90 bits per heavy atom. The molecule has 0 aliphatic carbocycles. The SMILES string of the molecule is CCNC(c1cccc(C)c1)c1cc(C)nnc1CC. The van der Waals surface area contributed by atoms with E-state index in [2.05, 4.69) is 66.6 Å². The zero-order chi connectivity index (χ0) is 14.5. The van der Waals surface area contributed by atoms with Gasteiger partial charge in [-0.25, -0.2) is 0 Å². The second-order valence-corrected chi connectivity index (χ2v) is 5.15. The summed E-state index contributed by atoms with van der Waals surface area (Å²) >= 11 is 0. The molecule has 0 saturated carbocycles. The summed E-state index contributed by atoms with van der Waals surface area (Å²) in [6.45, 7) is 9.31. The largest absolute Gasteiger partial charge is 0.306 e. The van der Waals surface area contributed by atoms with Gasteiger partial charge in [0.05, 0.1) is 17.4 Å². The van der Waals surface area contributed by atoms with E-state index in [0.717, 1.165) is 24.4 Å². The van der Waals surface area contributed by atoms with Crippen LogP contribution in [0.25, 0.3) is 0 Å². The Hall–Kier alpha value is -1.74. The van der Waals surface area contributed by atoms with Gasteiger partial charge in [0.1, 0.15) is 0 Å². The monoisotopic (exact) mass is 269 g/mol. The minimum atomic E-state index is 0.184. The summed E-state index contributed by atoms with van der Waals surface area (Å²) in [7, 11) is 0. The molecule has 106 valence electrons. The zero-order valence-electron chi connectivity index (χ0n) is 12.8. The molecule has 0 spiro atoms. The Kier molecular flexibility index (Phi) is 4.85. The van der Waals surface area contributed by atoms with Gasteiger partial charge in [-0.2, -0.15) is 10.2 Å². The van der Waals surface area contributed by atoms with Crippen LogP contribution in [0, 0.1) is 13.8 Å². The van der Waals surface area contributed by atoms with E-state index in [9.17, 15) is 0 Å². The molecular formula is C17H23N3. The van der Waals surface area contributed by atoms with Crippen molar-refractivity contribution in [3.63, 3.8) is 0 Å². The smallest absolute Gasteiger partial charge is 0.0679 e. The highest BCUT2D eigenvalue weighted by Crippen LogP contribution is 2.25. The number of hydrogen-bond donors (Lipinski definition) is 1. The highest BCUT2D eigenvalue weighted by atomic mass is 15.1. The summed E-state index contributed by atoms with van der Waals surface area (Å²) in [5, 5.41) is 12.1. The van der Waals surface area contributed by atoms with Crippen LogP contribution in [0.4, 0.5) is 0 Å². The number of aromatic nitrogens is 2. The normalized spacial score (nSPS) is 12.4. The average Bonchev–Trinajstić information content (AvgIpc) is 2.44. The molecule has 3 nitrogen and oxygen atoms in total. The number of aryl methyl sites for hydroxylation is 3. The quantitative estimate of drug-likeness (QED) is 0.904. The van der Waals surface area contributed by atoms with Gasteiger partial charge in [0.2, 0.25) is 0 Å². The van der Waals surface area contributed by atoms with E-state index in [0.29, 0.717) is 0 Å². The van der Waals surface area contributed by atoms with Gasteiger partial charge in [0, 0.05) is 0 Å². The van der Waals surface area contributed by atoms with Gasteiger partial charge in [0.15, 0.2) is 0 Å². The molecule has 1 aromatic heterocycles. The lowest BCUT2D eigenvalue weighted by Gasteiger charge is -2.21. The van der Waals surface area contributed by atoms with Crippen LogP contribution < -0.4 is 5.32 Å². The Bertz CT molecular complexity index is 578. The average molecular weight is 269 g/mol. The number of rotatable bonds is 5. The van der Waals surface area contributed by atoms with Crippen molar-refractivity contribution in [1.82, 2.24) is 15.5 Å². The molecule has 1 N–H and O–H groups in total. The first-order chi connectivity index (χ1) is 9.65. The van der Waals surface area contributed by atoms with E-state index in [4.69, 9.17) is 0 Å². The van der Waals surface area contributed by atoms with E-state index < -0.39 is 0 Å². The van der Waals surface area contributed by atoms with Gasteiger partial charge >= 0.3 is 0 Å². The highest BCUT2D eigenvalue weighted by molar-refractivity contribution is 5.36. The Morgan fingerprint density at radius 3 is 2.55 bits per heavy atom. The Morgan fingerprint density at radius 1 is 1.10 bits per heavy atom. The van der Waals surface area contributed by atoms with Gasteiger partial charge in [-0.15, -0.1) is 0 Å². The first-order valence-corrected chi connectivity index (χ1v) is 7.28. The minimum absolute atomic E-state index is 0.184. The number of nitrogens with zero attached hydrogens (tertiary/aromatic N) is 2. The molecule has 0 aliphatic rings. The van der Waals surface area contributed by atoms with Crippen molar-refractivity contribution in [2.75, 3.05) is 6.54 Å². The maximum absolute atomic E-state index is 4.36. The van der Waals surface area contributed by atoms with Gasteiger partial charge in [-0.05, 0) is 44.0 Å². The van der Waals surface area contributed by atoms with Crippen LogP contribution in [0.15, 0.2) is 30.3 Å². The molecule has 0 radical (unpaired) electrons. The van der Waals surface area contributed by atoms with E-state index in [-0.39, 0.29) is 6.04 Å². The highest BCUT2D eigenvalue weighted by Gasteiger charge is 2.17. The molecule has 0 amide bonds. The van der Waals surface area contributed by atoms with Gasteiger partial charge < -0.3 is 5.32 Å². The molecule has 2 aromatic rings. The second-order valence-electron chi connectivity index (χ2n) is 5.15. The van der Waals surface area contributed by atoms with Crippen molar-refractivity contribution in [1.29, 1.82) is 0 Å². The summed E-state index contributed by atoms with van der Waals surface area (Å²) < 4.78 is 0. The fourth-order valence-electron chi connectivity index (χ4n) is 2.52. The third kappa shape index (κ3) is 3.23. The lowest BCUT2D eigenvalue weighted by molar-refractivity contribution is 0.616. The van der Waals surface area contributed by atoms with Crippen LogP contribution in [0.3, 0.4) is 0 Å². The fourth-order valence-corrected chi connectivity index (χ4v) is 2.52. The molecule has 1 aromatic carbocycles. The minimum Gasteiger partial charge on any atom is -0.306 e. The first kappa shape index (κ1) is 14.7. The van der Waals surface area contributed by atoms with Crippen molar-refractivity contribution >= 4 is 0 Å². The topological polar surface area (TPSA) is 37.8 Å². The first-order valence-electron chi connectivity index (χ1n) is 7.28. The predicted octanol–water partition coefficient (Wildman–Crippen LogP) is 3.35. The van der Waals surface area contributed by atoms with Crippen LogP contribution in [0.5, 0.6) is 0 Å². The van der Waals surface area contributed by atoms with E-state index in [1.54, 1.807) is 0 Å². The molecule has 0 saturated heterocycles. The molecule has 0 aliphatic heterocycles. The molecule has 3 heteroatoms. The van der Waals surface area contributed by atoms with Crippen LogP contribution in [-0.2, 0) is 6.42 Å². The molecule has 1 atom stereocenters. The fraction of sp³-hybridized carbons (Fsp3) is 0.412. The standard InChI is InChI=1S/C17H23N3/c1-5-16-15(11-13(4)19-20-16)17(18-6-2)14-9-7-8-12(3)10-14/h7-11,17-18H,5-6H2,1-4H3. The van der Waals surface area contributed by atoms with Crippen molar-refractivity contribution in [3.05, 3.63) is 58.4 Å². The second kappa shape index (κ2) is 6.62. The lowest BCUT2D eigenvalue weighted by Crippen LogP contribution is -2.24. The van der Waals surface area contributed by atoms with E-state index >= 15 is 0 Å². The summed E-state index contributed by atoms with van der Waals surface area (Å²) in [5.74, 6) is 0. The summed E-state index contributed by atoms with van der Waals surface area (Å²) in [6, 6.07) is 11.0. The van der Waals surface area contributed by atoms with Crippen LogP contribution in [0.1, 0.15) is 48.0 Å². The molecule has 0 bridgehead atoms. The predicted molar refractivity (Wildman–Crippen MR) is 82.8 cm³/mol. The summed E-state index contributed by atoms with van der Waals surface area (Å²) in [6.07, 6.45) is 0.899. The molecule has 1 unspecified atom stereocenters. The summed E-state index contributed by atoms with van der Waals surface area (Å²) in [5.41, 5.74) is 5.85. The number of hydrogen-bond acceptors (Lipinski definition) is 3. The van der Waals surface area contributed by atoms with E-state index in [1.807, 2.05) is 6.92 Å². The van der Waals surface area contributed by atoms with Gasteiger partial charge in [-0.3, -0.25) is 0 Å². The van der Waals surface area contributed by atoms with Crippen molar-refractivity contribution in [2.45, 2.75) is 40.2 Å². The molecule has 20 heavy (non-hydrogen) atoms. The lowest BCUT2D eigenvalue weighted by atomic mass is 9.95. The maximum Gasteiger partial charge on any atom is 0.0679 e. The van der Waals surface area contributed by atoms with Gasteiger partial charge in [-0.1, -0.05) is 43.7 Å². The third-order valence-electron chi connectivity index (χ3n) is 3.46. The molecule has 2 rings (SSSR count). The van der Waals surface area contributed by atoms with Gasteiger partial charge in [0.25, 0.3) is 0 Å². The van der Waals surface area contributed by atoms with E-state index in [1.165, 1.54) is 16.7 Å². The zero-order valence-corrected chi connectivity index (χ0v) is 12.8. The molecule has 1 heterocycles. The van der Waals surface area contributed by atoms with Crippen LogP contribution in [0.2, 0.25) is 0 Å². The van der Waals surface area contributed by atoms with Crippen molar-refractivity contribution in [2.24, 2.45) is 0 Å². The maximum atomic E-state index is 4.36. The Labute approximate surface area is 121 Å². The van der Waals surface area contributed by atoms with Crippen LogP contribution in [-0.4, -0.2) is 16.7 Å². The van der Waals surface area contributed by atoms with Crippen molar-refractivity contribution in [3.8, 4) is 0 Å². The number of benzene rings is 1. The Balaban J connectivity index is 2.50. The molecule has 0 fully saturated rings. The van der Waals surface area contributed by atoms with Crippen molar-refractivity contribution < 1.29 is 0 Å². The summed E-state index contributed by atoms with van der Waals surface area (Å²) in [4.78, 5) is 0.